The SMILES string of the molecule is O=[N+]([O-])c1cccc(Cl)c1/C=C\S. The zero-order chi connectivity index (χ0) is 9.84. The van der Waals surface area contributed by atoms with Gasteiger partial charge in [0.25, 0.3) is 5.69 Å². The highest BCUT2D eigenvalue weighted by molar-refractivity contribution is 7.83. The van der Waals surface area contributed by atoms with E-state index >= 15 is 0 Å². The first-order valence-corrected chi connectivity index (χ1v) is 4.30. The molecule has 0 amide bonds. The first-order chi connectivity index (χ1) is 6.16. The van der Waals surface area contributed by atoms with Gasteiger partial charge >= 0.3 is 0 Å². The number of hydrogen-bond acceptors (Lipinski definition) is 3. The van der Waals surface area contributed by atoms with E-state index in [-0.39, 0.29) is 5.69 Å². The molecule has 1 aromatic carbocycles. The molecular weight excluding hydrogens is 210 g/mol. The van der Waals surface area contributed by atoms with Gasteiger partial charge in [0.05, 0.1) is 15.5 Å². The first-order valence-electron chi connectivity index (χ1n) is 3.40. The molecule has 0 heterocycles. The number of nitrogens with zero attached hydrogens (tertiary/aromatic N) is 1. The Balaban J connectivity index is 3.33. The lowest BCUT2D eigenvalue weighted by Crippen LogP contribution is -1.91. The molecule has 0 aliphatic heterocycles. The largest absolute Gasteiger partial charge is 0.278 e. The van der Waals surface area contributed by atoms with Crippen LogP contribution in [-0.4, -0.2) is 4.92 Å². The molecule has 0 N–H and O–H groups in total. The van der Waals surface area contributed by atoms with Crippen LogP contribution in [0.15, 0.2) is 23.6 Å². The summed E-state index contributed by atoms with van der Waals surface area (Å²) in [5.74, 6) is 0. The molecule has 5 heteroatoms. The van der Waals surface area contributed by atoms with Crippen molar-refractivity contribution in [3.63, 3.8) is 0 Å². The predicted molar refractivity (Wildman–Crippen MR) is 56.1 cm³/mol. The number of hydrogen-bond donors (Lipinski definition) is 1. The summed E-state index contributed by atoms with van der Waals surface area (Å²) < 4.78 is 0. The molecule has 13 heavy (non-hydrogen) atoms. The molecule has 0 aromatic heterocycles. The Hall–Kier alpha value is -1.000. The van der Waals surface area contributed by atoms with E-state index in [0.717, 1.165) is 0 Å². The summed E-state index contributed by atoms with van der Waals surface area (Å²) in [6, 6.07) is 4.53. The van der Waals surface area contributed by atoms with Crippen molar-refractivity contribution in [2.75, 3.05) is 0 Å². The van der Waals surface area contributed by atoms with Crippen LogP contribution in [0, 0.1) is 10.1 Å². The third kappa shape index (κ3) is 2.23. The molecule has 0 saturated carbocycles. The summed E-state index contributed by atoms with van der Waals surface area (Å²) in [4.78, 5) is 10.1. The summed E-state index contributed by atoms with van der Waals surface area (Å²) in [6.45, 7) is 0. The Bertz CT molecular complexity index is 365. The highest BCUT2D eigenvalue weighted by atomic mass is 35.5. The number of halogens is 1. The van der Waals surface area contributed by atoms with Gasteiger partial charge in [0.15, 0.2) is 0 Å². The van der Waals surface area contributed by atoms with Crippen molar-refractivity contribution in [1.29, 1.82) is 0 Å². The van der Waals surface area contributed by atoms with Crippen LogP contribution in [0.1, 0.15) is 5.56 Å². The average molecular weight is 216 g/mol. The Labute approximate surface area is 85.6 Å². The van der Waals surface area contributed by atoms with Crippen LogP contribution in [0.4, 0.5) is 5.69 Å². The zero-order valence-electron chi connectivity index (χ0n) is 6.48. The Morgan fingerprint density at radius 1 is 1.54 bits per heavy atom. The van der Waals surface area contributed by atoms with Crippen molar-refractivity contribution in [3.05, 3.63) is 44.3 Å². The summed E-state index contributed by atoms with van der Waals surface area (Å²) in [6.07, 6.45) is 1.49. The highest BCUT2D eigenvalue weighted by Gasteiger charge is 2.13. The number of nitro benzene ring substituents is 1. The Morgan fingerprint density at radius 3 is 2.77 bits per heavy atom. The third-order valence-corrected chi connectivity index (χ3v) is 1.95. The van der Waals surface area contributed by atoms with E-state index in [9.17, 15) is 10.1 Å². The average Bonchev–Trinajstić information content (AvgIpc) is 2.08. The maximum Gasteiger partial charge on any atom is 0.278 e. The van der Waals surface area contributed by atoms with E-state index in [2.05, 4.69) is 12.6 Å². The van der Waals surface area contributed by atoms with Gasteiger partial charge in [-0.15, -0.1) is 0 Å². The molecule has 0 atom stereocenters. The minimum Gasteiger partial charge on any atom is -0.258 e. The number of thiol groups is 1. The van der Waals surface area contributed by atoms with Gasteiger partial charge in [0, 0.05) is 6.07 Å². The predicted octanol–water partition coefficient (Wildman–Crippen LogP) is 3.15. The lowest BCUT2D eigenvalue weighted by atomic mass is 10.2. The summed E-state index contributed by atoms with van der Waals surface area (Å²) in [5.41, 5.74) is 0.363. The van der Waals surface area contributed by atoms with Crippen LogP contribution in [0.5, 0.6) is 0 Å². The molecule has 0 radical (unpaired) electrons. The van der Waals surface area contributed by atoms with Gasteiger partial charge in [-0.1, -0.05) is 17.7 Å². The van der Waals surface area contributed by atoms with Crippen molar-refractivity contribution in [2.45, 2.75) is 0 Å². The van der Waals surface area contributed by atoms with Crippen LogP contribution in [0.2, 0.25) is 5.02 Å². The van der Waals surface area contributed by atoms with Crippen LogP contribution in [-0.2, 0) is 0 Å². The second kappa shape index (κ2) is 4.30. The van der Waals surface area contributed by atoms with E-state index < -0.39 is 4.92 Å². The van der Waals surface area contributed by atoms with Crippen molar-refractivity contribution in [2.24, 2.45) is 0 Å². The van der Waals surface area contributed by atoms with Gasteiger partial charge in [-0.3, -0.25) is 10.1 Å². The second-order valence-electron chi connectivity index (χ2n) is 2.25. The summed E-state index contributed by atoms with van der Waals surface area (Å²) in [7, 11) is 0. The minimum atomic E-state index is -0.477. The third-order valence-electron chi connectivity index (χ3n) is 1.47. The van der Waals surface area contributed by atoms with Gasteiger partial charge in [-0.25, -0.2) is 0 Å². The second-order valence-corrected chi connectivity index (χ2v) is 2.95. The fraction of sp³-hybridized carbons (Fsp3) is 0. The Kier molecular flexibility index (Phi) is 3.33. The van der Waals surface area contributed by atoms with E-state index in [4.69, 9.17) is 11.6 Å². The van der Waals surface area contributed by atoms with Crippen molar-refractivity contribution in [3.8, 4) is 0 Å². The molecule has 3 nitrogen and oxygen atoms in total. The zero-order valence-corrected chi connectivity index (χ0v) is 8.13. The molecule has 0 bridgehead atoms. The van der Waals surface area contributed by atoms with Gasteiger partial charge in [0.1, 0.15) is 0 Å². The van der Waals surface area contributed by atoms with Crippen LogP contribution in [0.25, 0.3) is 6.08 Å². The van der Waals surface area contributed by atoms with Gasteiger partial charge in [-0.2, -0.15) is 12.6 Å². The fourth-order valence-electron chi connectivity index (χ4n) is 0.924. The van der Waals surface area contributed by atoms with E-state index in [0.29, 0.717) is 10.6 Å². The van der Waals surface area contributed by atoms with E-state index in [1.165, 1.54) is 23.6 Å². The number of rotatable bonds is 2. The maximum absolute atomic E-state index is 10.5. The van der Waals surface area contributed by atoms with Gasteiger partial charge in [-0.05, 0) is 17.6 Å². The van der Waals surface area contributed by atoms with Crippen molar-refractivity contribution in [1.82, 2.24) is 0 Å². The lowest BCUT2D eigenvalue weighted by Gasteiger charge is -1.98. The monoisotopic (exact) mass is 215 g/mol. The first kappa shape index (κ1) is 10.1. The maximum atomic E-state index is 10.5. The topological polar surface area (TPSA) is 43.1 Å². The molecule has 0 unspecified atom stereocenters. The standard InChI is InChI=1S/C8H6ClNO2S/c9-7-2-1-3-8(10(11)12)6(7)4-5-13/h1-5,13H/b5-4-. The van der Waals surface area contributed by atoms with Crippen LogP contribution < -0.4 is 0 Å². The number of benzene rings is 1. The van der Waals surface area contributed by atoms with Gasteiger partial charge < -0.3 is 0 Å². The molecule has 1 rings (SSSR count). The summed E-state index contributed by atoms with van der Waals surface area (Å²) in [5, 5.41) is 12.3. The quantitative estimate of drug-likeness (QED) is 0.468. The lowest BCUT2D eigenvalue weighted by molar-refractivity contribution is -0.385. The highest BCUT2D eigenvalue weighted by Crippen LogP contribution is 2.27. The van der Waals surface area contributed by atoms with Crippen molar-refractivity contribution >= 4 is 36.0 Å². The minimum absolute atomic E-state index is 0.0159. The van der Waals surface area contributed by atoms with E-state index in [1.54, 1.807) is 6.07 Å². The molecule has 0 aliphatic carbocycles. The normalized spacial score (nSPS) is 10.6. The smallest absolute Gasteiger partial charge is 0.258 e. The van der Waals surface area contributed by atoms with Crippen molar-refractivity contribution < 1.29 is 4.92 Å². The van der Waals surface area contributed by atoms with E-state index in [1.807, 2.05) is 0 Å². The van der Waals surface area contributed by atoms with Crippen LogP contribution in [0.3, 0.4) is 0 Å². The molecule has 68 valence electrons. The molecule has 0 fully saturated rings. The summed E-state index contributed by atoms with van der Waals surface area (Å²) >= 11 is 9.60. The molecule has 0 spiro atoms. The molecule has 0 saturated heterocycles. The Morgan fingerprint density at radius 2 is 2.23 bits per heavy atom. The molecular formula is C8H6ClNO2S. The van der Waals surface area contributed by atoms with Gasteiger partial charge in [0.2, 0.25) is 0 Å². The van der Waals surface area contributed by atoms with Crippen LogP contribution >= 0.6 is 24.2 Å². The number of nitro groups is 1. The molecule has 1 aromatic rings. The fourth-order valence-corrected chi connectivity index (χ4v) is 1.31. The molecule has 0 aliphatic rings.